The summed E-state index contributed by atoms with van der Waals surface area (Å²) in [4.78, 5) is 39.1. The van der Waals surface area contributed by atoms with Crippen molar-refractivity contribution in [1.29, 1.82) is 0 Å². The molecule has 0 saturated carbocycles. The van der Waals surface area contributed by atoms with E-state index in [2.05, 4.69) is 0 Å². The predicted octanol–water partition coefficient (Wildman–Crippen LogP) is 2.24. The van der Waals surface area contributed by atoms with Crippen molar-refractivity contribution in [2.45, 2.75) is 45.4 Å². The number of aldehydes is 1. The number of amides is 2. The zero-order valence-electron chi connectivity index (χ0n) is 16.2. The van der Waals surface area contributed by atoms with Crippen LogP contribution in [0.5, 0.6) is 0 Å². The van der Waals surface area contributed by atoms with Crippen LogP contribution in [0, 0.1) is 0 Å². The average Bonchev–Trinajstić information content (AvgIpc) is 2.61. The standard InChI is InChI=1S/C20H28N2O5/c1-20(2,3)27-19(25)22-12-11-21(10-7-13-23)18(24)17(22)15-26-14-16-8-5-4-6-9-16/h4-6,8-9,13,17H,7,10-12,14-15H2,1-3H3. The van der Waals surface area contributed by atoms with Crippen LogP contribution in [0.3, 0.4) is 0 Å². The fraction of sp³-hybridized carbons (Fsp3) is 0.550. The van der Waals surface area contributed by atoms with Crippen LogP contribution in [0.1, 0.15) is 32.8 Å². The number of carbonyl (C=O) groups is 3. The van der Waals surface area contributed by atoms with Crippen LogP contribution in [0.15, 0.2) is 30.3 Å². The number of hydrogen-bond acceptors (Lipinski definition) is 5. The molecule has 0 aliphatic carbocycles. The Morgan fingerprint density at radius 1 is 1.22 bits per heavy atom. The molecule has 2 amide bonds. The van der Waals surface area contributed by atoms with E-state index in [0.29, 0.717) is 26.2 Å². The molecule has 0 spiro atoms. The van der Waals surface area contributed by atoms with E-state index in [9.17, 15) is 14.4 Å². The van der Waals surface area contributed by atoms with E-state index in [0.717, 1.165) is 11.8 Å². The van der Waals surface area contributed by atoms with Crippen molar-refractivity contribution in [2.75, 3.05) is 26.2 Å². The van der Waals surface area contributed by atoms with Crippen LogP contribution >= 0.6 is 0 Å². The lowest BCUT2D eigenvalue weighted by Gasteiger charge is -2.40. The van der Waals surface area contributed by atoms with Crippen molar-refractivity contribution in [3.63, 3.8) is 0 Å². The van der Waals surface area contributed by atoms with Gasteiger partial charge in [0.25, 0.3) is 0 Å². The van der Waals surface area contributed by atoms with Crippen LogP contribution in [0.4, 0.5) is 4.79 Å². The van der Waals surface area contributed by atoms with Crippen LogP contribution in [0.2, 0.25) is 0 Å². The predicted molar refractivity (Wildman–Crippen MR) is 100 cm³/mol. The lowest BCUT2D eigenvalue weighted by atomic mass is 10.1. The summed E-state index contributed by atoms with van der Waals surface area (Å²) in [5.74, 6) is -0.220. The molecule has 1 unspecified atom stereocenters. The topological polar surface area (TPSA) is 76.2 Å². The number of nitrogens with zero attached hydrogens (tertiary/aromatic N) is 2. The van der Waals surface area contributed by atoms with Gasteiger partial charge in [-0.05, 0) is 26.3 Å². The zero-order chi connectivity index (χ0) is 19.9. The van der Waals surface area contributed by atoms with Crippen LogP contribution in [-0.4, -0.2) is 66.0 Å². The molecule has 0 aromatic heterocycles. The van der Waals surface area contributed by atoms with Crippen molar-refractivity contribution in [3.8, 4) is 0 Å². The molecule has 7 heteroatoms. The second-order valence-electron chi connectivity index (χ2n) is 7.47. The number of hydrogen-bond donors (Lipinski definition) is 0. The van der Waals surface area contributed by atoms with Gasteiger partial charge in [0.05, 0.1) is 13.2 Å². The fourth-order valence-corrected chi connectivity index (χ4v) is 2.83. The molecule has 2 rings (SSSR count). The zero-order valence-corrected chi connectivity index (χ0v) is 16.2. The third kappa shape index (κ3) is 6.36. The molecule has 1 fully saturated rings. The Hall–Kier alpha value is -2.41. The normalized spacial score (nSPS) is 17.7. The number of piperazine rings is 1. The quantitative estimate of drug-likeness (QED) is 0.682. The second kappa shape index (κ2) is 9.50. The van der Waals surface area contributed by atoms with E-state index in [-0.39, 0.29) is 18.9 Å². The molecule has 0 N–H and O–H groups in total. The van der Waals surface area contributed by atoms with Gasteiger partial charge < -0.3 is 19.2 Å². The van der Waals surface area contributed by atoms with Gasteiger partial charge >= 0.3 is 6.09 Å². The monoisotopic (exact) mass is 376 g/mol. The van der Waals surface area contributed by atoms with Crippen LogP contribution < -0.4 is 0 Å². The Labute approximate surface area is 160 Å². The molecule has 148 valence electrons. The first-order chi connectivity index (χ1) is 12.8. The molecule has 1 aromatic rings. The molecule has 0 radical (unpaired) electrons. The Balaban J connectivity index is 2.05. The number of carbonyl (C=O) groups excluding carboxylic acids is 3. The maximum atomic E-state index is 12.8. The molecule has 1 aliphatic rings. The Kier molecular flexibility index (Phi) is 7.36. The van der Waals surface area contributed by atoms with Crippen molar-refractivity contribution < 1.29 is 23.9 Å². The molecule has 1 aliphatic heterocycles. The molecule has 1 atom stereocenters. The van der Waals surface area contributed by atoms with E-state index in [4.69, 9.17) is 9.47 Å². The van der Waals surface area contributed by atoms with Gasteiger partial charge in [0, 0.05) is 26.1 Å². The molecule has 1 saturated heterocycles. The van der Waals surface area contributed by atoms with Crippen molar-refractivity contribution in [1.82, 2.24) is 9.80 Å². The highest BCUT2D eigenvalue weighted by Crippen LogP contribution is 2.18. The Bertz CT molecular complexity index is 642. The van der Waals surface area contributed by atoms with Gasteiger partial charge in [0.1, 0.15) is 17.9 Å². The first-order valence-electron chi connectivity index (χ1n) is 9.15. The minimum atomic E-state index is -0.760. The summed E-state index contributed by atoms with van der Waals surface area (Å²) in [6.45, 7) is 6.85. The fourth-order valence-electron chi connectivity index (χ4n) is 2.83. The summed E-state index contributed by atoms with van der Waals surface area (Å²) in [6, 6.07) is 8.86. The third-order valence-electron chi connectivity index (χ3n) is 4.12. The molecular formula is C20H28N2O5. The number of benzene rings is 1. The van der Waals surface area contributed by atoms with E-state index >= 15 is 0 Å². The SMILES string of the molecule is CC(C)(C)OC(=O)N1CCN(CCC=O)C(=O)C1COCc1ccccc1. The Morgan fingerprint density at radius 3 is 2.56 bits per heavy atom. The maximum Gasteiger partial charge on any atom is 0.411 e. The van der Waals surface area contributed by atoms with Crippen LogP contribution in [-0.2, 0) is 25.7 Å². The minimum absolute atomic E-state index is 0.0740. The molecule has 0 bridgehead atoms. The molecule has 1 aromatic carbocycles. The summed E-state index contributed by atoms with van der Waals surface area (Å²) in [5, 5.41) is 0. The van der Waals surface area contributed by atoms with E-state index in [1.165, 1.54) is 4.90 Å². The first-order valence-corrected chi connectivity index (χ1v) is 9.15. The summed E-state index contributed by atoms with van der Waals surface area (Å²) in [5.41, 5.74) is 0.340. The summed E-state index contributed by atoms with van der Waals surface area (Å²) < 4.78 is 11.2. The van der Waals surface area contributed by atoms with Gasteiger partial charge in [0.2, 0.25) is 5.91 Å². The molecular weight excluding hydrogens is 348 g/mol. The van der Waals surface area contributed by atoms with Gasteiger partial charge in [-0.3, -0.25) is 9.69 Å². The van der Waals surface area contributed by atoms with Gasteiger partial charge in [-0.15, -0.1) is 0 Å². The highest BCUT2D eigenvalue weighted by atomic mass is 16.6. The van der Waals surface area contributed by atoms with Gasteiger partial charge in [0.15, 0.2) is 0 Å². The van der Waals surface area contributed by atoms with E-state index in [1.807, 2.05) is 30.3 Å². The molecule has 7 nitrogen and oxygen atoms in total. The first kappa shape index (κ1) is 20.9. The molecule has 1 heterocycles. The summed E-state index contributed by atoms with van der Waals surface area (Å²) in [6.07, 6.45) is 0.531. The summed E-state index contributed by atoms with van der Waals surface area (Å²) in [7, 11) is 0. The smallest absolute Gasteiger partial charge is 0.411 e. The average molecular weight is 376 g/mol. The van der Waals surface area contributed by atoms with E-state index < -0.39 is 17.7 Å². The van der Waals surface area contributed by atoms with E-state index in [1.54, 1.807) is 25.7 Å². The highest BCUT2D eigenvalue weighted by Gasteiger charge is 2.39. The summed E-state index contributed by atoms with van der Waals surface area (Å²) >= 11 is 0. The minimum Gasteiger partial charge on any atom is -0.444 e. The highest BCUT2D eigenvalue weighted by molar-refractivity contribution is 5.87. The lowest BCUT2D eigenvalue weighted by molar-refractivity contribution is -0.144. The van der Waals surface area contributed by atoms with Gasteiger partial charge in [-0.25, -0.2) is 4.79 Å². The van der Waals surface area contributed by atoms with Crippen LogP contribution in [0.25, 0.3) is 0 Å². The van der Waals surface area contributed by atoms with Crippen molar-refractivity contribution in [3.05, 3.63) is 35.9 Å². The van der Waals surface area contributed by atoms with Gasteiger partial charge in [-0.1, -0.05) is 30.3 Å². The maximum absolute atomic E-state index is 12.8. The third-order valence-corrected chi connectivity index (χ3v) is 4.12. The second-order valence-corrected chi connectivity index (χ2v) is 7.47. The van der Waals surface area contributed by atoms with Crippen molar-refractivity contribution >= 4 is 18.3 Å². The Morgan fingerprint density at radius 2 is 1.93 bits per heavy atom. The number of ether oxygens (including phenoxy) is 2. The molecule has 27 heavy (non-hydrogen) atoms. The van der Waals surface area contributed by atoms with Gasteiger partial charge in [-0.2, -0.15) is 0 Å². The lowest BCUT2D eigenvalue weighted by Crippen LogP contribution is -2.61. The number of rotatable bonds is 7. The van der Waals surface area contributed by atoms with Crippen molar-refractivity contribution in [2.24, 2.45) is 0 Å². The largest absolute Gasteiger partial charge is 0.444 e.